The summed E-state index contributed by atoms with van der Waals surface area (Å²) < 4.78 is 10.8. The third kappa shape index (κ3) is 7.49. The van der Waals surface area contributed by atoms with Crippen LogP contribution in [0.5, 0.6) is 11.5 Å². The molecule has 0 heterocycles. The van der Waals surface area contributed by atoms with Gasteiger partial charge < -0.3 is 19.9 Å². The molecule has 1 unspecified atom stereocenters. The second-order valence-electron chi connectivity index (χ2n) is 7.20. The molecule has 2 rings (SSSR count). The van der Waals surface area contributed by atoms with Crippen LogP contribution in [0.3, 0.4) is 0 Å². The highest BCUT2D eigenvalue weighted by Crippen LogP contribution is 2.15. The van der Waals surface area contributed by atoms with Crippen LogP contribution in [0.4, 0.5) is 0 Å². The Morgan fingerprint density at radius 2 is 1.69 bits per heavy atom. The Labute approximate surface area is 171 Å². The standard InChI is InChI=1S/C23H29NO5/c1-4-28-23(27)21(15-17-5-9-19(25)10-6-17)24-22(26)18-7-11-20(12-8-18)29-14-13-16(2)3/h5-12,16,21,25H,4,13-15H2,1-3H3,(H,24,26). The normalized spacial score (nSPS) is 11.7. The number of hydrogen-bond acceptors (Lipinski definition) is 5. The first-order valence-corrected chi connectivity index (χ1v) is 9.87. The summed E-state index contributed by atoms with van der Waals surface area (Å²) in [6.45, 7) is 6.84. The van der Waals surface area contributed by atoms with Crippen LogP contribution in [-0.4, -0.2) is 36.2 Å². The Hall–Kier alpha value is -3.02. The van der Waals surface area contributed by atoms with Crippen LogP contribution in [0.25, 0.3) is 0 Å². The fraction of sp³-hybridized carbons (Fsp3) is 0.391. The van der Waals surface area contributed by atoms with Gasteiger partial charge in [0.05, 0.1) is 13.2 Å². The largest absolute Gasteiger partial charge is 0.508 e. The van der Waals surface area contributed by atoms with E-state index in [1.165, 1.54) is 12.1 Å². The highest BCUT2D eigenvalue weighted by molar-refractivity contribution is 5.96. The summed E-state index contributed by atoms with van der Waals surface area (Å²) in [6, 6.07) is 12.5. The lowest BCUT2D eigenvalue weighted by Gasteiger charge is -2.18. The van der Waals surface area contributed by atoms with E-state index in [1.807, 2.05) is 0 Å². The number of carbonyl (C=O) groups excluding carboxylic acids is 2. The fourth-order valence-electron chi connectivity index (χ4n) is 2.66. The molecule has 2 aromatic rings. The molecule has 156 valence electrons. The molecule has 0 spiro atoms. The summed E-state index contributed by atoms with van der Waals surface area (Å²) in [7, 11) is 0. The van der Waals surface area contributed by atoms with E-state index in [2.05, 4.69) is 19.2 Å². The SMILES string of the molecule is CCOC(=O)C(Cc1ccc(O)cc1)NC(=O)c1ccc(OCCC(C)C)cc1. The van der Waals surface area contributed by atoms with Crippen molar-refractivity contribution in [2.24, 2.45) is 5.92 Å². The van der Waals surface area contributed by atoms with Crippen molar-refractivity contribution in [1.29, 1.82) is 0 Å². The van der Waals surface area contributed by atoms with Crippen molar-refractivity contribution in [2.45, 2.75) is 39.7 Å². The first-order valence-electron chi connectivity index (χ1n) is 9.87. The van der Waals surface area contributed by atoms with Crippen molar-refractivity contribution in [2.75, 3.05) is 13.2 Å². The van der Waals surface area contributed by atoms with Crippen LogP contribution in [0.2, 0.25) is 0 Å². The molecule has 0 aliphatic carbocycles. The number of phenols is 1. The second-order valence-corrected chi connectivity index (χ2v) is 7.20. The first kappa shape index (κ1) is 22.3. The fourth-order valence-corrected chi connectivity index (χ4v) is 2.66. The molecule has 0 aliphatic heterocycles. The number of nitrogens with one attached hydrogen (secondary N) is 1. The van der Waals surface area contributed by atoms with Gasteiger partial charge in [-0.25, -0.2) is 4.79 Å². The van der Waals surface area contributed by atoms with E-state index >= 15 is 0 Å². The van der Waals surface area contributed by atoms with Gasteiger partial charge in [-0.1, -0.05) is 26.0 Å². The maximum Gasteiger partial charge on any atom is 0.328 e. The molecule has 6 heteroatoms. The number of ether oxygens (including phenoxy) is 2. The van der Waals surface area contributed by atoms with Crippen molar-refractivity contribution in [1.82, 2.24) is 5.32 Å². The molecular weight excluding hydrogens is 370 g/mol. The third-order valence-electron chi connectivity index (χ3n) is 4.33. The van der Waals surface area contributed by atoms with E-state index in [4.69, 9.17) is 9.47 Å². The van der Waals surface area contributed by atoms with Crippen molar-refractivity contribution >= 4 is 11.9 Å². The highest BCUT2D eigenvalue weighted by Gasteiger charge is 2.23. The molecule has 0 aliphatic rings. The number of amides is 1. The average Bonchev–Trinajstić information content (AvgIpc) is 2.69. The zero-order valence-electron chi connectivity index (χ0n) is 17.2. The minimum atomic E-state index is -0.825. The molecule has 0 fully saturated rings. The highest BCUT2D eigenvalue weighted by atomic mass is 16.5. The minimum absolute atomic E-state index is 0.140. The minimum Gasteiger partial charge on any atom is -0.508 e. The van der Waals surface area contributed by atoms with Gasteiger partial charge in [0.25, 0.3) is 5.91 Å². The third-order valence-corrected chi connectivity index (χ3v) is 4.33. The lowest BCUT2D eigenvalue weighted by atomic mass is 10.0. The average molecular weight is 399 g/mol. The van der Waals surface area contributed by atoms with Crippen LogP contribution in [-0.2, 0) is 16.0 Å². The summed E-state index contributed by atoms with van der Waals surface area (Å²) in [4.78, 5) is 24.9. The molecule has 0 saturated carbocycles. The van der Waals surface area contributed by atoms with Crippen LogP contribution >= 0.6 is 0 Å². The molecule has 1 amide bonds. The van der Waals surface area contributed by atoms with Gasteiger partial charge in [0, 0.05) is 12.0 Å². The van der Waals surface area contributed by atoms with Gasteiger partial charge >= 0.3 is 5.97 Å². The summed E-state index contributed by atoms with van der Waals surface area (Å²) in [6.07, 6.45) is 1.22. The van der Waals surface area contributed by atoms with Crippen molar-refractivity contribution in [3.8, 4) is 11.5 Å². The molecule has 6 nitrogen and oxygen atoms in total. The molecule has 2 N–H and O–H groups in total. The van der Waals surface area contributed by atoms with Gasteiger partial charge in [0.15, 0.2) is 0 Å². The Bertz CT molecular complexity index is 784. The van der Waals surface area contributed by atoms with Crippen LogP contribution in [0, 0.1) is 5.92 Å². The molecule has 0 radical (unpaired) electrons. The van der Waals surface area contributed by atoms with Gasteiger partial charge in [-0.05, 0) is 61.2 Å². The van der Waals surface area contributed by atoms with Crippen molar-refractivity contribution in [3.63, 3.8) is 0 Å². The molecule has 29 heavy (non-hydrogen) atoms. The smallest absolute Gasteiger partial charge is 0.328 e. The van der Waals surface area contributed by atoms with E-state index < -0.39 is 12.0 Å². The van der Waals surface area contributed by atoms with Crippen LogP contribution < -0.4 is 10.1 Å². The van der Waals surface area contributed by atoms with Gasteiger partial charge in [-0.15, -0.1) is 0 Å². The molecular formula is C23H29NO5. The molecule has 2 aromatic carbocycles. The van der Waals surface area contributed by atoms with E-state index in [1.54, 1.807) is 43.3 Å². The maximum absolute atomic E-state index is 12.6. The Balaban J connectivity index is 2.02. The van der Waals surface area contributed by atoms with E-state index in [-0.39, 0.29) is 24.7 Å². The number of benzene rings is 2. The number of carbonyl (C=O) groups is 2. The van der Waals surface area contributed by atoms with E-state index in [9.17, 15) is 14.7 Å². The Kier molecular flexibility index (Phi) is 8.52. The Morgan fingerprint density at radius 1 is 1.03 bits per heavy atom. The number of phenolic OH excluding ortho intramolecular Hbond substituents is 1. The summed E-state index contributed by atoms with van der Waals surface area (Å²) >= 11 is 0. The predicted octanol–water partition coefficient (Wildman–Crippen LogP) is 3.72. The van der Waals surface area contributed by atoms with Crippen molar-refractivity contribution in [3.05, 3.63) is 59.7 Å². The van der Waals surface area contributed by atoms with Crippen molar-refractivity contribution < 1.29 is 24.2 Å². The number of aromatic hydroxyl groups is 1. The van der Waals surface area contributed by atoms with Crippen LogP contribution in [0.15, 0.2) is 48.5 Å². The Morgan fingerprint density at radius 3 is 2.28 bits per heavy atom. The van der Waals surface area contributed by atoms with E-state index in [0.717, 1.165) is 12.0 Å². The number of esters is 1. The topological polar surface area (TPSA) is 84.9 Å². The first-order chi connectivity index (χ1) is 13.9. The van der Waals surface area contributed by atoms with E-state index in [0.29, 0.717) is 23.8 Å². The number of hydrogen-bond donors (Lipinski definition) is 2. The van der Waals surface area contributed by atoms with Gasteiger partial charge in [0.1, 0.15) is 17.5 Å². The summed E-state index contributed by atoms with van der Waals surface area (Å²) in [5, 5.41) is 12.2. The molecule has 1 atom stereocenters. The number of rotatable bonds is 10. The summed E-state index contributed by atoms with van der Waals surface area (Å²) in [5.74, 6) is 0.543. The molecule has 0 bridgehead atoms. The lowest BCUT2D eigenvalue weighted by molar-refractivity contribution is -0.145. The maximum atomic E-state index is 12.6. The van der Waals surface area contributed by atoms with Gasteiger partial charge in [-0.3, -0.25) is 4.79 Å². The predicted molar refractivity (Wildman–Crippen MR) is 111 cm³/mol. The summed E-state index contributed by atoms with van der Waals surface area (Å²) in [5.41, 5.74) is 1.23. The second kappa shape index (κ2) is 11.1. The zero-order valence-corrected chi connectivity index (χ0v) is 17.2. The lowest BCUT2D eigenvalue weighted by Crippen LogP contribution is -2.43. The van der Waals surface area contributed by atoms with Gasteiger partial charge in [0.2, 0.25) is 0 Å². The van der Waals surface area contributed by atoms with Crippen LogP contribution in [0.1, 0.15) is 43.1 Å². The zero-order chi connectivity index (χ0) is 21.2. The quantitative estimate of drug-likeness (QED) is 0.595. The molecule has 0 saturated heterocycles. The molecule has 0 aromatic heterocycles. The van der Waals surface area contributed by atoms with Gasteiger partial charge in [-0.2, -0.15) is 0 Å². The monoisotopic (exact) mass is 399 g/mol.